The zero-order valence-electron chi connectivity index (χ0n) is 7.42. The molecule has 70 valence electrons. The van der Waals surface area contributed by atoms with Crippen molar-refractivity contribution in [2.45, 2.75) is 6.42 Å². The van der Waals surface area contributed by atoms with Crippen molar-refractivity contribution >= 4 is 6.03 Å². The number of amides is 2. The maximum absolute atomic E-state index is 10.9. The second-order valence-corrected chi connectivity index (χ2v) is 3.32. The number of carbonyl (C=O) groups is 1. The van der Waals surface area contributed by atoms with Crippen molar-refractivity contribution in [3.05, 3.63) is 23.4 Å². The molecule has 4 nitrogen and oxygen atoms in total. The number of carbonyl (C=O) groups excluding carboxylic acids is 1. The Balaban J connectivity index is 2.12. The summed E-state index contributed by atoms with van der Waals surface area (Å²) in [5.41, 5.74) is 7.76. The van der Waals surface area contributed by atoms with Crippen molar-refractivity contribution in [1.29, 1.82) is 0 Å². The van der Waals surface area contributed by atoms with Crippen LogP contribution in [0.3, 0.4) is 0 Å². The number of likely N-dealkylation sites (tertiary alicyclic amines) is 1. The molecule has 0 atom stereocenters. The van der Waals surface area contributed by atoms with E-state index in [1.165, 1.54) is 11.1 Å². The van der Waals surface area contributed by atoms with Crippen LogP contribution in [0.4, 0.5) is 4.79 Å². The van der Waals surface area contributed by atoms with E-state index in [1.807, 2.05) is 6.20 Å². The quantitative estimate of drug-likeness (QED) is 0.557. The molecule has 2 rings (SSSR count). The van der Waals surface area contributed by atoms with Crippen molar-refractivity contribution in [3.8, 4) is 0 Å². The molecule has 2 aliphatic rings. The Morgan fingerprint density at radius 3 is 3.15 bits per heavy atom. The van der Waals surface area contributed by atoms with Gasteiger partial charge in [0, 0.05) is 25.8 Å². The normalized spacial score (nSPS) is 21.1. The van der Waals surface area contributed by atoms with Crippen LogP contribution in [0.25, 0.3) is 0 Å². The van der Waals surface area contributed by atoms with E-state index in [9.17, 15) is 4.79 Å². The molecule has 1 saturated heterocycles. The second-order valence-electron chi connectivity index (χ2n) is 3.32. The summed E-state index contributed by atoms with van der Waals surface area (Å²) in [7, 11) is 0. The van der Waals surface area contributed by atoms with E-state index in [0.29, 0.717) is 6.54 Å². The third-order valence-corrected chi connectivity index (χ3v) is 2.48. The van der Waals surface area contributed by atoms with Crippen molar-refractivity contribution in [2.75, 3.05) is 19.6 Å². The molecule has 1 fully saturated rings. The molecule has 0 saturated carbocycles. The lowest BCUT2D eigenvalue weighted by Gasteiger charge is -2.30. The molecule has 2 amide bonds. The zero-order chi connectivity index (χ0) is 9.26. The summed E-state index contributed by atoms with van der Waals surface area (Å²) in [6.45, 7) is 2.29. The van der Waals surface area contributed by atoms with E-state index < -0.39 is 0 Å². The fourth-order valence-corrected chi connectivity index (χ4v) is 1.73. The van der Waals surface area contributed by atoms with Crippen LogP contribution >= 0.6 is 0 Å². The Labute approximate surface area is 77.1 Å². The third kappa shape index (κ3) is 1.52. The molecule has 0 aromatic rings. The van der Waals surface area contributed by atoms with Crippen molar-refractivity contribution < 1.29 is 4.79 Å². The van der Waals surface area contributed by atoms with Gasteiger partial charge in [-0.2, -0.15) is 0 Å². The summed E-state index contributed by atoms with van der Waals surface area (Å²) in [6.07, 6.45) is 5.08. The zero-order valence-corrected chi connectivity index (χ0v) is 7.42. The largest absolute Gasteiger partial charge is 0.387 e. The molecule has 13 heavy (non-hydrogen) atoms. The highest BCUT2D eigenvalue weighted by atomic mass is 16.2. The highest BCUT2D eigenvalue weighted by Crippen LogP contribution is 2.22. The number of nitrogens with zero attached hydrogens (tertiary/aromatic N) is 1. The number of urea groups is 1. The number of piperidine rings is 1. The first-order valence-corrected chi connectivity index (χ1v) is 4.43. The van der Waals surface area contributed by atoms with Gasteiger partial charge in [0.25, 0.3) is 0 Å². The SMILES string of the molecule is NC(=O)N1CCC2=CCNC=C2C1. The minimum absolute atomic E-state index is 0.328. The van der Waals surface area contributed by atoms with Crippen LogP contribution < -0.4 is 11.1 Å². The summed E-state index contributed by atoms with van der Waals surface area (Å²) in [5, 5.41) is 3.13. The lowest BCUT2D eigenvalue weighted by Crippen LogP contribution is -2.41. The highest BCUT2D eigenvalue weighted by molar-refractivity contribution is 5.73. The molecular weight excluding hydrogens is 166 g/mol. The molecule has 0 aromatic carbocycles. The van der Waals surface area contributed by atoms with E-state index in [-0.39, 0.29) is 6.03 Å². The van der Waals surface area contributed by atoms with E-state index >= 15 is 0 Å². The van der Waals surface area contributed by atoms with Crippen LogP contribution in [0.5, 0.6) is 0 Å². The van der Waals surface area contributed by atoms with E-state index in [1.54, 1.807) is 4.90 Å². The fraction of sp³-hybridized carbons (Fsp3) is 0.444. The molecule has 0 bridgehead atoms. The molecule has 0 spiro atoms. The predicted molar refractivity (Wildman–Crippen MR) is 49.9 cm³/mol. The first-order valence-electron chi connectivity index (χ1n) is 4.43. The van der Waals surface area contributed by atoms with Crippen LogP contribution in [0.2, 0.25) is 0 Å². The van der Waals surface area contributed by atoms with Gasteiger partial charge >= 0.3 is 6.03 Å². The Hall–Kier alpha value is -1.45. The van der Waals surface area contributed by atoms with Gasteiger partial charge in [0.2, 0.25) is 0 Å². The lowest BCUT2D eigenvalue weighted by molar-refractivity contribution is 0.209. The summed E-state index contributed by atoms with van der Waals surface area (Å²) < 4.78 is 0. The number of fused-ring (bicyclic) bond motifs is 1. The molecular formula is C9H13N3O. The van der Waals surface area contributed by atoms with Crippen LogP contribution in [0.1, 0.15) is 6.42 Å². The highest BCUT2D eigenvalue weighted by Gasteiger charge is 2.21. The Morgan fingerprint density at radius 1 is 1.54 bits per heavy atom. The van der Waals surface area contributed by atoms with E-state index in [4.69, 9.17) is 5.73 Å². The van der Waals surface area contributed by atoms with Crippen LogP contribution in [0.15, 0.2) is 23.4 Å². The second kappa shape index (κ2) is 3.12. The maximum atomic E-state index is 10.9. The molecule has 2 aliphatic heterocycles. The van der Waals surface area contributed by atoms with Crippen LogP contribution in [-0.2, 0) is 0 Å². The third-order valence-electron chi connectivity index (χ3n) is 2.48. The molecule has 0 aliphatic carbocycles. The topological polar surface area (TPSA) is 58.4 Å². The number of nitrogens with one attached hydrogen (secondary N) is 1. The average molecular weight is 179 g/mol. The van der Waals surface area contributed by atoms with Crippen LogP contribution in [0, 0.1) is 0 Å². The fourth-order valence-electron chi connectivity index (χ4n) is 1.73. The number of hydrogen-bond donors (Lipinski definition) is 2. The van der Waals surface area contributed by atoms with Gasteiger partial charge in [0.05, 0.1) is 0 Å². The van der Waals surface area contributed by atoms with Gasteiger partial charge < -0.3 is 16.0 Å². The van der Waals surface area contributed by atoms with Gasteiger partial charge in [0.1, 0.15) is 0 Å². The Kier molecular flexibility index (Phi) is 1.96. The van der Waals surface area contributed by atoms with E-state index in [0.717, 1.165) is 19.5 Å². The summed E-state index contributed by atoms with van der Waals surface area (Å²) in [4.78, 5) is 12.6. The first kappa shape index (κ1) is 8.16. The number of hydrogen-bond acceptors (Lipinski definition) is 2. The minimum Gasteiger partial charge on any atom is -0.387 e. The smallest absolute Gasteiger partial charge is 0.315 e. The molecule has 4 heteroatoms. The van der Waals surface area contributed by atoms with Gasteiger partial charge in [-0.15, -0.1) is 0 Å². The molecule has 0 radical (unpaired) electrons. The Morgan fingerprint density at radius 2 is 2.38 bits per heavy atom. The van der Waals surface area contributed by atoms with Crippen molar-refractivity contribution in [1.82, 2.24) is 10.2 Å². The Bertz CT molecular complexity index is 293. The van der Waals surface area contributed by atoms with Crippen LogP contribution in [-0.4, -0.2) is 30.6 Å². The number of primary amides is 1. The summed E-state index contributed by atoms with van der Waals surface area (Å²) in [6, 6.07) is -0.328. The van der Waals surface area contributed by atoms with Gasteiger partial charge in [-0.3, -0.25) is 0 Å². The van der Waals surface area contributed by atoms with Gasteiger partial charge in [-0.1, -0.05) is 6.08 Å². The standard InChI is InChI=1S/C9H13N3O/c10-9(13)12-4-2-7-1-3-11-5-8(7)6-12/h1,5,11H,2-4,6H2,(H2,10,13). The van der Waals surface area contributed by atoms with Gasteiger partial charge in [-0.25, -0.2) is 4.79 Å². The van der Waals surface area contributed by atoms with Gasteiger partial charge in [-0.05, 0) is 17.6 Å². The minimum atomic E-state index is -0.328. The molecule has 3 N–H and O–H groups in total. The predicted octanol–water partition coefficient (Wildman–Crippen LogP) is 0.184. The molecule has 0 unspecified atom stereocenters. The summed E-state index contributed by atoms with van der Waals surface area (Å²) in [5.74, 6) is 0. The maximum Gasteiger partial charge on any atom is 0.315 e. The number of dihydropyridines is 1. The monoisotopic (exact) mass is 179 g/mol. The number of nitrogens with two attached hydrogens (primary N) is 1. The lowest BCUT2D eigenvalue weighted by atomic mass is 9.97. The summed E-state index contributed by atoms with van der Waals surface area (Å²) >= 11 is 0. The average Bonchev–Trinajstić information content (AvgIpc) is 2.17. The van der Waals surface area contributed by atoms with Crippen molar-refractivity contribution in [3.63, 3.8) is 0 Å². The van der Waals surface area contributed by atoms with E-state index in [2.05, 4.69) is 11.4 Å². The van der Waals surface area contributed by atoms with Gasteiger partial charge in [0.15, 0.2) is 0 Å². The molecule has 0 aromatic heterocycles. The van der Waals surface area contributed by atoms with Crippen molar-refractivity contribution in [2.24, 2.45) is 5.73 Å². The first-order chi connectivity index (χ1) is 6.27. The molecule has 2 heterocycles. The number of rotatable bonds is 0.